The van der Waals surface area contributed by atoms with Gasteiger partial charge in [-0.3, -0.25) is 0 Å². The molecule has 20 heavy (non-hydrogen) atoms. The molecule has 0 radical (unpaired) electrons. The van der Waals surface area contributed by atoms with Crippen LogP contribution in [0.4, 0.5) is 19.3 Å². The van der Waals surface area contributed by atoms with Gasteiger partial charge in [-0.1, -0.05) is 6.07 Å². The number of hydrogen-bond donors (Lipinski definition) is 3. The molecule has 0 spiro atoms. The van der Waals surface area contributed by atoms with Crippen molar-refractivity contribution in [2.24, 2.45) is 0 Å². The third kappa shape index (κ3) is 3.89. The number of carboxylic acid groups (broad SMARTS) is 1. The van der Waals surface area contributed by atoms with Crippen molar-refractivity contribution in [1.82, 2.24) is 5.32 Å². The van der Waals surface area contributed by atoms with Gasteiger partial charge in [-0.2, -0.15) is 0 Å². The third-order valence-electron chi connectivity index (χ3n) is 2.46. The molecule has 1 atom stereocenters. The highest BCUT2D eigenvalue weighted by atomic mass is 19.1. The number of urea groups is 1. The van der Waals surface area contributed by atoms with E-state index in [4.69, 9.17) is 5.11 Å². The number of nitrogens with one attached hydrogen (secondary N) is 2. The molecule has 8 heteroatoms. The summed E-state index contributed by atoms with van der Waals surface area (Å²) in [4.78, 5) is 22.3. The second-order valence-corrected chi connectivity index (χ2v) is 4.00. The van der Waals surface area contributed by atoms with Crippen LogP contribution in [0.1, 0.15) is 5.56 Å². The summed E-state index contributed by atoms with van der Waals surface area (Å²) in [5, 5.41) is 12.8. The number of anilines is 1. The predicted molar refractivity (Wildman–Crippen MR) is 66.5 cm³/mol. The molecular formula is C12H14F2N2O4. The molecule has 3 N–H and O–H groups in total. The minimum absolute atomic E-state index is 0.147. The summed E-state index contributed by atoms with van der Waals surface area (Å²) in [7, 11) is 1.26. The minimum Gasteiger partial charge on any atom is -0.480 e. The molecule has 0 heterocycles. The second kappa shape index (κ2) is 6.80. The number of rotatable bonds is 5. The normalized spacial score (nSPS) is 11.8. The van der Waals surface area contributed by atoms with E-state index in [0.717, 1.165) is 6.07 Å². The highest BCUT2D eigenvalue weighted by molar-refractivity contribution is 5.92. The Morgan fingerprint density at radius 1 is 1.40 bits per heavy atom. The average molecular weight is 288 g/mol. The van der Waals surface area contributed by atoms with Gasteiger partial charge in [0.25, 0.3) is 0 Å². The topological polar surface area (TPSA) is 87.7 Å². The highest BCUT2D eigenvalue weighted by Crippen LogP contribution is 2.21. The van der Waals surface area contributed by atoms with E-state index in [1.807, 2.05) is 10.6 Å². The summed E-state index contributed by atoms with van der Waals surface area (Å²) in [6, 6.07) is -0.148. The van der Waals surface area contributed by atoms with Crippen molar-refractivity contribution < 1.29 is 28.2 Å². The standard InChI is InChI=1S/C12H14F2N2O4/c1-6-3-4-7(13)10(9(6)14)16-12(19)15-8(5-20-2)11(17)18/h3-4,8H,5H2,1-2H3,(H,17,18)(H2,15,16,19). The van der Waals surface area contributed by atoms with E-state index < -0.39 is 35.4 Å². The Morgan fingerprint density at radius 3 is 2.60 bits per heavy atom. The maximum Gasteiger partial charge on any atom is 0.328 e. The molecule has 1 aromatic carbocycles. The number of ether oxygens (including phenoxy) is 1. The molecule has 0 saturated carbocycles. The Labute approximate surface area is 113 Å². The SMILES string of the molecule is COCC(NC(=O)Nc1c(F)ccc(C)c1F)C(=O)O. The Kier molecular flexibility index (Phi) is 5.39. The fourth-order valence-electron chi connectivity index (χ4n) is 1.42. The van der Waals surface area contributed by atoms with Crippen molar-refractivity contribution in [2.75, 3.05) is 19.0 Å². The third-order valence-corrected chi connectivity index (χ3v) is 2.46. The largest absolute Gasteiger partial charge is 0.480 e. The van der Waals surface area contributed by atoms with Crippen LogP contribution in [0.2, 0.25) is 0 Å². The summed E-state index contributed by atoms with van der Waals surface area (Å²) in [6.07, 6.45) is 0. The Bertz CT molecular complexity index is 522. The molecule has 0 aliphatic rings. The average Bonchev–Trinajstić information content (AvgIpc) is 2.38. The molecule has 1 rings (SSSR count). The van der Waals surface area contributed by atoms with E-state index in [1.54, 1.807) is 0 Å². The van der Waals surface area contributed by atoms with Crippen LogP contribution in [0.25, 0.3) is 0 Å². The van der Waals surface area contributed by atoms with Crippen LogP contribution in [0.3, 0.4) is 0 Å². The van der Waals surface area contributed by atoms with Crippen molar-refractivity contribution in [1.29, 1.82) is 0 Å². The van der Waals surface area contributed by atoms with Gasteiger partial charge in [-0.25, -0.2) is 18.4 Å². The van der Waals surface area contributed by atoms with E-state index in [0.29, 0.717) is 0 Å². The maximum absolute atomic E-state index is 13.6. The van der Waals surface area contributed by atoms with Gasteiger partial charge in [0.05, 0.1) is 6.61 Å². The van der Waals surface area contributed by atoms with Crippen LogP contribution >= 0.6 is 0 Å². The zero-order valence-corrected chi connectivity index (χ0v) is 10.9. The van der Waals surface area contributed by atoms with E-state index in [2.05, 4.69) is 4.74 Å². The first-order valence-electron chi connectivity index (χ1n) is 5.60. The smallest absolute Gasteiger partial charge is 0.328 e. The van der Waals surface area contributed by atoms with Gasteiger partial charge in [0.15, 0.2) is 11.9 Å². The number of carbonyl (C=O) groups is 2. The zero-order valence-electron chi connectivity index (χ0n) is 10.9. The second-order valence-electron chi connectivity index (χ2n) is 4.00. The molecule has 0 aromatic heterocycles. The molecule has 0 aliphatic heterocycles. The zero-order chi connectivity index (χ0) is 15.3. The van der Waals surface area contributed by atoms with E-state index in [1.165, 1.54) is 20.1 Å². The molecule has 2 amide bonds. The molecule has 0 aliphatic carbocycles. The van der Waals surface area contributed by atoms with Crippen molar-refractivity contribution in [3.63, 3.8) is 0 Å². The predicted octanol–water partition coefficient (Wildman–Crippen LogP) is 1.49. The van der Waals surface area contributed by atoms with E-state index in [9.17, 15) is 18.4 Å². The van der Waals surface area contributed by atoms with Gasteiger partial charge in [-0.05, 0) is 18.6 Å². The Morgan fingerprint density at radius 2 is 2.05 bits per heavy atom. The van der Waals surface area contributed by atoms with E-state index in [-0.39, 0.29) is 12.2 Å². The van der Waals surface area contributed by atoms with Crippen LogP contribution < -0.4 is 10.6 Å². The summed E-state index contributed by atoms with van der Waals surface area (Å²) < 4.78 is 31.7. The number of halogens is 2. The number of methoxy groups -OCH3 is 1. The van der Waals surface area contributed by atoms with Crippen LogP contribution in [0.5, 0.6) is 0 Å². The number of hydrogen-bond acceptors (Lipinski definition) is 3. The summed E-state index contributed by atoms with van der Waals surface area (Å²) in [5.74, 6) is -3.20. The lowest BCUT2D eigenvalue weighted by atomic mass is 10.2. The number of aliphatic carboxylic acids is 1. The molecule has 1 aromatic rings. The molecule has 0 bridgehead atoms. The molecule has 6 nitrogen and oxygen atoms in total. The first-order chi connectivity index (χ1) is 9.36. The van der Waals surface area contributed by atoms with E-state index >= 15 is 0 Å². The summed E-state index contributed by atoms with van der Waals surface area (Å²) in [6.45, 7) is 1.13. The van der Waals surface area contributed by atoms with Gasteiger partial charge < -0.3 is 20.5 Å². The number of carboxylic acids is 1. The molecule has 1 unspecified atom stereocenters. The van der Waals surface area contributed by atoms with Crippen LogP contribution in [-0.2, 0) is 9.53 Å². The lowest BCUT2D eigenvalue weighted by Gasteiger charge is -2.15. The minimum atomic E-state index is -1.33. The lowest BCUT2D eigenvalue weighted by Crippen LogP contribution is -2.45. The lowest BCUT2D eigenvalue weighted by molar-refractivity contribution is -0.140. The quantitative estimate of drug-likeness (QED) is 0.766. The van der Waals surface area contributed by atoms with Crippen LogP contribution in [-0.4, -0.2) is 36.9 Å². The van der Waals surface area contributed by atoms with Crippen LogP contribution in [0.15, 0.2) is 12.1 Å². The Balaban J connectivity index is 2.81. The fraction of sp³-hybridized carbons (Fsp3) is 0.333. The van der Waals surface area contributed by atoms with Gasteiger partial charge in [0.2, 0.25) is 0 Å². The van der Waals surface area contributed by atoms with Crippen molar-refractivity contribution in [2.45, 2.75) is 13.0 Å². The maximum atomic E-state index is 13.6. The van der Waals surface area contributed by atoms with Gasteiger partial charge in [-0.15, -0.1) is 0 Å². The van der Waals surface area contributed by atoms with Crippen molar-refractivity contribution in [3.8, 4) is 0 Å². The molecule has 0 fully saturated rings. The number of carbonyl (C=O) groups excluding carboxylic acids is 1. The fourth-order valence-corrected chi connectivity index (χ4v) is 1.42. The molecule has 110 valence electrons. The first kappa shape index (κ1) is 15.8. The van der Waals surface area contributed by atoms with Gasteiger partial charge >= 0.3 is 12.0 Å². The van der Waals surface area contributed by atoms with Crippen molar-refractivity contribution in [3.05, 3.63) is 29.3 Å². The molecular weight excluding hydrogens is 274 g/mol. The first-order valence-corrected chi connectivity index (χ1v) is 5.60. The van der Waals surface area contributed by atoms with Crippen LogP contribution in [0, 0.1) is 18.6 Å². The van der Waals surface area contributed by atoms with Crippen molar-refractivity contribution >= 4 is 17.7 Å². The number of amides is 2. The summed E-state index contributed by atoms with van der Waals surface area (Å²) >= 11 is 0. The number of aryl methyl sites for hydroxylation is 1. The number of benzene rings is 1. The monoisotopic (exact) mass is 288 g/mol. The highest BCUT2D eigenvalue weighted by Gasteiger charge is 2.21. The summed E-state index contributed by atoms with van der Waals surface area (Å²) in [5.41, 5.74) is -0.488. The van der Waals surface area contributed by atoms with Gasteiger partial charge in [0, 0.05) is 7.11 Å². The Hall–Kier alpha value is -2.22. The van der Waals surface area contributed by atoms with Gasteiger partial charge in [0.1, 0.15) is 11.5 Å². The molecule has 0 saturated heterocycles.